The van der Waals surface area contributed by atoms with Crippen molar-refractivity contribution in [1.82, 2.24) is 0 Å². The van der Waals surface area contributed by atoms with E-state index in [4.69, 9.17) is 18.9 Å². The second-order valence-electron chi connectivity index (χ2n) is 18.1. The summed E-state index contributed by atoms with van der Waals surface area (Å²) in [4.78, 5) is 37.0. The van der Waals surface area contributed by atoms with Crippen molar-refractivity contribution in [2.45, 2.75) is 206 Å². The van der Waals surface area contributed by atoms with Crippen LogP contribution >= 0.6 is 0 Å². The number of nitrogens with zero attached hydrogens (tertiary/aromatic N) is 1. The van der Waals surface area contributed by atoms with Gasteiger partial charge in [-0.05, 0) is 70.6 Å². The zero-order valence-electron chi connectivity index (χ0n) is 42.1. The Kier molecular flexibility index (Phi) is 44.4. The average Bonchev–Trinajstić information content (AvgIpc) is 3.27. The van der Waals surface area contributed by atoms with E-state index >= 15 is 0 Å². The SMILES string of the molecule is CC/C=C\C/C=C\C/C=C\C/C=C\C/C=C\C/C=C\C/C=C\CCCCCCCCCCCCCC(=O)OC(COC(=O)CCCCCCCCC)COC(OCC[N+](C)(C)C)C(=O)O. The van der Waals surface area contributed by atoms with E-state index < -0.39 is 24.3 Å². The van der Waals surface area contributed by atoms with Crippen LogP contribution in [0.4, 0.5) is 0 Å². The van der Waals surface area contributed by atoms with Gasteiger partial charge in [-0.1, -0.05) is 195 Å². The normalized spacial score (nSPS) is 13.6. The maximum atomic E-state index is 12.8. The Bertz CT molecular complexity index is 1340. The van der Waals surface area contributed by atoms with E-state index in [0.29, 0.717) is 23.9 Å². The maximum absolute atomic E-state index is 12.8. The maximum Gasteiger partial charge on any atom is 0.361 e. The lowest BCUT2D eigenvalue weighted by Crippen LogP contribution is -2.40. The fraction of sp³-hybridized carbons (Fsp3) is 0.696. The molecule has 0 bridgehead atoms. The summed E-state index contributed by atoms with van der Waals surface area (Å²) >= 11 is 0. The van der Waals surface area contributed by atoms with Gasteiger partial charge in [-0.25, -0.2) is 4.79 Å². The largest absolute Gasteiger partial charge is 0.477 e. The van der Waals surface area contributed by atoms with Gasteiger partial charge in [0.05, 0.1) is 34.4 Å². The molecule has 0 radical (unpaired) electrons. The monoisotopic (exact) mass is 911 g/mol. The van der Waals surface area contributed by atoms with Crippen molar-refractivity contribution in [2.24, 2.45) is 0 Å². The van der Waals surface area contributed by atoms with E-state index in [9.17, 15) is 19.5 Å². The van der Waals surface area contributed by atoms with Gasteiger partial charge in [0.2, 0.25) is 0 Å². The minimum atomic E-state index is -1.51. The van der Waals surface area contributed by atoms with Crippen molar-refractivity contribution in [1.29, 1.82) is 0 Å². The quantitative estimate of drug-likeness (QED) is 0.0211. The molecule has 2 atom stereocenters. The van der Waals surface area contributed by atoms with E-state index in [-0.39, 0.29) is 32.2 Å². The summed E-state index contributed by atoms with van der Waals surface area (Å²) in [6.07, 6.45) is 58.3. The third-order valence-electron chi connectivity index (χ3n) is 10.7. The van der Waals surface area contributed by atoms with Crippen LogP contribution in [-0.2, 0) is 33.3 Å². The van der Waals surface area contributed by atoms with E-state index in [1.807, 2.05) is 21.1 Å². The molecule has 0 saturated heterocycles. The molecule has 372 valence electrons. The Labute approximate surface area is 398 Å². The molecule has 0 aromatic rings. The smallest absolute Gasteiger partial charge is 0.361 e. The van der Waals surface area contributed by atoms with Crippen LogP contribution in [0.5, 0.6) is 0 Å². The van der Waals surface area contributed by atoms with Crippen LogP contribution in [0.25, 0.3) is 0 Å². The van der Waals surface area contributed by atoms with Crippen molar-refractivity contribution in [3.8, 4) is 0 Å². The zero-order valence-corrected chi connectivity index (χ0v) is 42.1. The van der Waals surface area contributed by atoms with Crippen LogP contribution in [0.3, 0.4) is 0 Å². The third-order valence-corrected chi connectivity index (χ3v) is 10.7. The molecule has 0 amide bonds. The van der Waals surface area contributed by atoms with E-state index in [0.717, 1.165) is 89.9 Å². The van der Waals surface area contributed by atoms with Gasteiger partial charge in [0.1, 0.15) is 13.2 Å². The summed E-state index contributed by atoms with van der Waals surface area (Å²) < 4.78 is 22.7. The summed E-state index contributed by atoms with van der Waals surface area (Å²) in [5.74, 6) is -2.02. The summed E-state index contributed by atoms with van der Waals surface area (Å²) in [5, 5.41) is 9.62. The first-order valence-corrected chi connectivity index (χ1v) is 25.8. The lowest BCUT2D eigenvalue weighted by molar-refractivity contribution is -0.870. The minimum Gasteiger partial charge on any atom is -0.477 e. The predicted molar refractivity (Wildman–Crippen MR) is 272 cm³/mol. The molecule has 0 saturated carbocycles. The number of carboxylic acids is 1. The number of carboxylic acid groups (broad SMARTS) is 1. The van der Waals surface area contributed by atoms with Gasteiger partial charge in [0.25, 0.3) is 6.29 Å². The standard InChI is InChI=1S/C56H95NO8/c1-6-8-10-12-14-15-16-17-18-19-20-21-22-23-24-25-26-27-28-29-30-31-32-33-34-35-36-37-38-39-41-43-45-47-54(59)65-52(50-63-53(58)46-44-42-40-13-11-9-7-2)51-64-56(55(60)61)62-49-48-57(3,4)5/h8,10,14-15,17-18,20-21,23-24,26-27,29-30,52,56H,6-7,9,11-13,16,19,22,25,28,31-51H2,1-5H3/p+1/b10-8-,15-14-,18-17-,21-20-,24-23-,27-26-,30-29-. The molecule has 0 aromatic heterocycles. The molecular formula is C56H96NO8+. The summed E-state index contributed by atoms with van der Waals surface area (Å²) in [7, 11) is 5.95. The van der Waals surface area contributed by atoms with Gasteiger partial charge in [0.15, 0.2) is 6.10 Å². The molecular weight excluding hydrogens is 815 g/mol. The first-order chi connectivity index (χ1) is 31.6. The first-order valence-electron chi connectivity index (χ1n) is 25.8. The molecule has 0 aliphatic rings. The van der Waals surface area contributed by atoms with Crippen LogP contribution in [0.2, 0.25) is 0 Å². The van der Waals surface area contributed by atoms with Gasteiger partial charge in [-0.15, -0.1) is 0 Å². The Hall–Kier alpha value is -3.53. The number of esters is 2. The fourth-order valence-corrected chi connectivity index (χ4v) is 6.70. The van der Waals surface area contributed by atoms with Gasteiger partial charge < -0.3 is 28.5 Å². The fourth-order valence-electron chi connectivity index (χ4n) is 6.70. The number of rotatable bonds is 46. The third kappa shape index (κ3) is 48.2. The van der Waals surface area contributed by atoms with Gasteiger partial charge >= 0.3 is 17.9 Å². The van der Waals surface area contributed by atoms with Gasteiger partial charge in [-0.3, -0.25) is 9.59 Å². The summed E-state index contributed by atoms with van der Waals surface area (Å²) in [6.45, 7) is 4.69. The second-order valence-corrected chi connectivity index (χ2v) is 18.1. The Morgan fingerprint density at radius 3 is 1.31 bits per heavy atom. The molecule has 0 spiro atoms. The molecule has 1 N–H and O–H groups in total. The molecule has 0 heterocycles. The van der Waals surface area contributed by atoms with E-state index in [2.05, 4.69) is 98.9 Å². The van der Waals surface area contributed by atoms with Crippen molar-refractivity contribution in [2.75, 3.05) is 47.5 Å². The molecule has 9 heteroatoms. The van der Waals surface area contributed by atoms with E-state index in [1.54, 1.807) is 0 Å². The number of allylic oxidation sites excluding steroid dienone is 14. The van der Waals surface area contributed by atoms with Crippen molar-refractivity contribution < 1.29 is 42.9 Å². The van der Waals surface area contributed by atoms with Gasteiger partial charge in [-0.2, -0.15) is 0 Å². The van der Waals surface area contributed by atoms with Crippen molar-refractivity contribution in [3.05, 3.63) is 85.1 Å². The van der Waals surface area contributed by atoms with Crippen LogP contribution in [-0.4, -0.2) is 87.4 Å². The Morgan fingerprint density at radius 2 is 0.877 bits per heavy atom. The minimum absolute atomic E-state index is 0.185. The molecule has 0 fully saturated rings. The lowest BCUT2D eigenvalue weighted by atomic mass is 10.0. The number of hydrogen-bond donors (Lipinski definition) is 1. The number of quaternary nitrogens is 1. The number of likely N-dealkylation sites (N-methyl/N-ethyl adjacent to an activating group) is 1. The summed E-state index contributed by atoms with van der Waals surface area (Å²) in [5.41, 5.74) is 0. The Balaban J connectivity index is 4.10. The van der Waals surface area contributed by atoms with E-state index in [1.165, 1.54) is 70.6 Å². The highest BCUT2D eigenvalue weighted by molar-refractivity contribution is 5.71. The highest BCUT2D eigenvalue weighted by atomic mass is 16.7. The first kappa shape index (κ1) is 61.5. The number of hydrogen-bond acceptors (Lipinski definition) is 7. The molecule has 9 nitrogen and oxygen atoms in total. The van der Waals surface area contributed by atoms with Crippen LogP contribution in [0.15, 0.2) is 85.1 Å². The van der Waals surface area contributed by atoms with Crippen molar-refractivity contribution >= 4 is 17.9 Å². The van der Waals surface area contributed by atoms with Crippen LogP contribution in [0, 0.1) is 0 Å². The Morgan fingerprint density at radius 1 is 0.477 bits per heavy atom. The highest BCUT2D eigenvalue weighted by Crippen LogP contribution is 2.14. The van der Waals surface area contributed by atoms with Crippen molar-refractivity contribution in [3.63, 3.8) is 0 Å². The molecule has 0 aliphatic heterocycles. The number of aliphatic carboxylic acids is 1. The lowest BCUT2D eigenvalue weighted by Gasteiger charge is -2.25. The summed E-state index contributed by atoms with van der Waals surface area (Å²) in [6, 6.07) is 0. The number of ether oxygens (including phenoxy) is 4. The zero-order chi connectivity index (χ0) is 47.7. The van der Waals surface area contributed by atoms with Crippen LogP contribution in [0.1, 0.15) is 194 Å². The number of carbonyl (C=O) groups is 3. The highest BCUT2D eigenvalue weighted by Gasteiger charge is 2.25. The molecule has 0 aliphatic carbocycles. The number of unbranched alkanes of at least 4 members (excludes halogenated alkanes) is 17. The predicted octanol–water partition coefficient (Wildman–Crippen LogP) is 14.4. The second kappa shape index (κ2) is 47.0. The van der Waals surface area contributed by atoms with Gasteiger partial charge in [0, 0.05) is 12.8 Å². The molecule has 0 rings (SSSR count). The number of carbonyl (C=O) groups excluding carboxylic acids is 2. The van der Waals surface area contributed by atoms with Crippen LogP contribution < -0.4 is 0 Å². The average molecular weight is 911 g/mol. The molecule has 65 heavy (non-hydrogen) atoms. The molecule has 0 aromatic carbocycles. The molecule has 2 unspecified atom stereocenters. The topological polar surface area (TPSA) is 108 Å².